The number of hydrogen-bond acceptors (Lipinski definition) is 5. The molecule has 1 heterocycles. The molecule has 0 spiro atoms. The van der Waals surface area contributed by atoms with Crippen LogP contribution in [0.1, 0.15) is 75.5 Å². The summed E-state index contributed by atoms with van der Waals surface area (Å²) in [7, 11) is 0. The fraction of sp³-hybridized carbons (Fsp3) is 0.789. The highest BCUT2D eigenvalue weighted by Crippen LogP contribution is 2.60. The summed E-state index contributed by atoms with van der Waals surface area (Å²) < 4.78 is 5.52. The van der Waals surface area contributed by atoms with E-state index >= 15 is 0 Å². The number of carboxylic acid groups (broad SMARTS) is 2. The summed E-state index contributed by atoms with van der Waals surface area (Å²) in [5, 5.41) is 26.8. The van der Waals surface area contributed by atoms with Gasteiger partial charge < -0.3 is 25.4 Å². The lowest BCUT2D eigenvalue weighted by molar-refractivity contribution is -0.0103. The molecule has 1 aromatic rings. The van der Waals surface area contributed by atoms with Crippen LogP contribution in [0.25, 0.3) is 0 Å². The lowest BCUT2D eigenvalue weighted by Crippen LogP contribution is -2.49. The molecule has 9 nitrogen and oxygen atoms in total. The zero-order chi connectivity index (χ0) is 19.7. The van der Waals surface area contributed by atoms with Crippen molar-refractivity contribution in [2.45, 2.75) is 69.2 Å². The Hall–Kier alpha value is -2.32. The third-order valence-corrected chi connectivity index (χ3v) is 6.75. The van der Waals surface area contributed by atoms with Crippen LogP contribution in [0.2, 0.25) is 0 Å². The number of rotatable bonds is 8. The Morgan fingerprint density at radius 1 is 1.07 bits per heavy atom. The number of aromatic nitrogens is 2. The molecule has 1 unspecified atom stereocenters. The maximum Gasteiger partial charge on any atom is 0.405 e. The quantitative estimate of drug-likeness (QED) is 0.498. The van der Waals surface area contributed by atoms with Crippen molar-refractivity contribution in [1.82, 2.24) is 20.8 Å². The number of unbranched alkanes of at least 4 members (excludes halogenated alkanes) is 1. The second kappa shape index (κ2) is 7.60. The standard InChI is InChI=1S/C19H28N4O5/c24-17(25)20-4-2-1-3-14(21-18(26)27)15-22-16(23-28-15)19-8-11-5-12(9-19)7-13(6-11)10-19/h11-14,20-21H,1-10H2,(H,24,25)(H,26,27). The number of hydrogen-bond donors (Lipinski definition) is 4. The molecule has 1 aromatic heterocycles. The molecule has 4 fully saturated rings. The highest BCUT2D eigenvalue weighted by molar-refractivity contribution is 5.65. The first-order valence-electron chi connectivity index (χ1n) is 10.2. The summed E-state index contributed by atoms with van der Waals surface area (Å²) in [5.74, 6) is 3.37. The molecule has 0 radical (unpaired) electrons. The largest absolute Gasteiger partial charge is 0.465 e. The van der Waals surface area contributed by atoms with Crippen LogP contribution in [0.5, 0.6) is 0 Å². The lowest BCUT2D eigenvalue weighted by Gasteiger charge is -2.55. The summed E-state index contributed by atoms with van der Waals surface area (Å²) in [6, 6.07) is -0.572. The number of nitrogens with zero attached hydrogens (tertiary/aromatic N) is 2. The van der Waals surface area contributed by atoms with Gasteiger partial charge in [0.05, 0.1) is 0 Å². The van der Waals surface area contributed by atoms with E-state index in [0.29, 0.717) is 31.7 Å². The Kier molecular flexibility index (Phi) is 5.16. The minimum Gasteiger partial charge on any atom is -0.465 e. The first-order chi connectivity index (χ1) is 13.4. The second-order valence-corrected chi connectivity index (χ2v) is 8.88. The highest BCUT2D eigenvalue weighted by atomic mass is 16.5. The van der Waals surface area contributed by atoms with E-state index in [1.807, 2.05) is 0 Å². The minimum absolute atomic E-state index is 0.00960. The van der Waals surface area contributed by atoms with Gasteiger partial charge in [-0.15, -0.1) is 0 Å². The molecule has 4 saturated carbocycles. The van der Waals surface area contributed by atoms with Crippen LogP contribution < -0.4 is 10.6 Å². The zero-order valence-electron chi connectivity index (χ0n) is 15.9. The average molecular weight is 392 g/mol. The van der Waals surface area contributed by atoms with Gasteiger partial charge in [-0.25, -0.2) is 9.59 Å². The minimum atomic E-state index is -1.14. The Bertz CT molecular complexity index is 698. The molecule has 4 bridgehead atoms. The van der Waals surface area contributed by atoms with Crippen LogP contribution in [0.4, 0.5) is 9.59 Å². The third-order valence-electron chi connectivity index (χ3n) is 6.75. The van der Waals surface area contributed by atoms with Gasteiger partial charge in [-0.1, -0.05) is 5.16 Å². The average Bonchev–Trinajstić information content (AvgIpc) is 3.09. The van der Waals surface area contributed by atoms with Gasteiger partial charge in [0.2, 0.25) is 5.89 Å². The summed E-state index contributed by atoms with van der Waals surface area (Å²) in [5.41, 5.74) is 0.00960. The Morgan fingerprint density at radius 3 is 2.29 bits per heavy atom. The fourth-order valence-corrected chi connectivity index (χ4v) is 6.05. The smallest absolute Gasteiger partial charge is 0.405 e. The monoisotopic (exact) mass is 392 g/mol. The summed E-state index contributed by atoms with van der Waals surface area (Å²) in [6.45, 7) is 0.331. The van der Waals surface area contributed by atoms with Crippen molar-refractivity contribution in [2.24, 2.45) is 17.8 Å². The summed E-state index contributed by atoms with van der Waals surface area (Å²) in [6.07, 6.45) is 6.89. The van der Waals surface area contributed by atoms with Crippen molar-refractivity contribution in [3.63, 3.8) is 0 Å². The molecule has 154 valence electrons. The van der Waals surface area contributed by atoms with Crippen molar-refractivity contribution in [1.29, 1.82) is 0 Å². The van der Waals surface area contributed by atoms with E-state index in [9.17, 15) is 9.59 Å². The predicted octanol–water partition coefficient (Wildman–Crippen LogP) is 3.28. The van der Waals surface area contributed by atoms with Crippen LogP contribution in [0.15, 0.2) is 4.52 Å². The first kappa shape index (κ1) is 19.0. The Labute approximate surface area is 163 Å². The molecule has 0 aliphatic heterocycles. The zero-order valence-corrected chi connectivity index (χ0v) is 15.9. The molecule has 0 saturated heterocycles. The first-order valence-corrected chi connectivity index (χ1v) is 10.2. The van der Waals surface area contributed by atoms with Gasteiger partial charge in [0, 0.05) is 12.0 Å². The number of nitrogens with one attached hydrogen (secondary N) is 2. The van der Waals surface area contributed by atoms with E-state index in [0.717, 1.165) is 42.8 Å². The van der Waals surface area contributed by atoms with Crippen molar-refractivity contribution < 1.29 is 24.3 Å². The van der Waals surface area contributed by atoms with Crippen molar-refractivity contribution >= 4 is 12.2 Å². The summed E-state index contributed by atoms with van der Waals surface area (Å²) in [4.78, 5) is 26.4. The third kappa shape index (κ3) is 3.93. The molecule has 4 aliphatic carbocycles. The molecule has 4 aliphatic rings. The van der Waals surface area contributed by atoms with Gasteiger partial charge in [-0.05, 0) is 75.5 Å². The molecule has 2 amide bonds. The maximum absolute atomic E-state index is 11.2. The molecule has 4 N–H and O–H groups in total. The van der Waals surface area contributed by atoms with E-state index in [1.165, 1.54) is 19.3 Å². The SMILES string of the molecule is O=C(O)NCCCCC(NC(=O)O)c1nc(C23CC4CC(CC(C4)C2)C3)no1. The Morgan fingerprint density at radius 2 is 1.71 bits per heavy atom. The molecule has 9 heteroatoms. The van der Waals surface area contributed by atoms with Gasteiger partial charge in [-0.3, -0.25) is 0 Å². The molecular formula is C19H28N4O5. The van der Waals surface area contributed by atoms with Crippen LogP contribution in [-0.2, 0) is 5.41 Å². The maximum atomic E-state index is 11.2. The van der Waals surface area contributed by atoms with Gasteiger partial charge >= 0.3 is 12.2 Å². The van der Waals surface area contributed by atoms with Gasteiger partial charge in [0.1, 0.15) is 6.04 Å². The van der Waals surface area contributed by atoms with Crippen LogP contribution in [0.3, 0.4) is 0 Å². The Balaban J connectivity index is 1.43. The van der Waals surface area contributed by atoms with Gasteiger partial charge in [0.15, 0.2) is 5.82 Å². The van der Waals surface area contributed by atoms with Crippen LogP contribution >= 0.6 is 0 Å². The van der Waals surface area contributed by atoms with Crippen molar-refractivity contribution in [3.05, 3.63) is 11.7 Å². The van der Waals surface area contributed by atoms with Crippen LogP contribution in [0, 0.1) is 17.8 Å². The number of carbonyl (C=O) groups is 2. The molecular weight excluding hydrogens is 364 g/mol. The van der Waals surface area contributed by atoms with E-state index in [4.69, 9.17) is 14.7 Å². The van der Waals surface area contributed by atoms with E-state index in [-0.39, 0.29) is 5.41 Å². The van der Waals surface area contributed by atoms with Gasteiger partial charge in [-0.2, -0.15) is 4.98 Å². The highest BCUT2D eigenvalue weighted by Gasteiger charge is 2.53. The topological polar surface area (TPSA) is 138 Å². The van der Waals surface area contributed by atoms with Gasteiger partial charge in [0.25, 0.3) is 0 Å². The fourth-order valence-electron chi connectivity index (χ4n) is 6.05. The van der Waals surface area contributed by atoms with Crippen molar-refractivity contribution in [3.8, 4) is 0 Å². The van der Waals surface area contributed by atoms with E-state index < -0.39 is 18.2 Å². The van der Waals surface area contributed by atoms with E-state index in [2.05, 4.69) is 20.8 Å². The van der Waals surface area contributed by atoms with E-state index in [1.54, 1.807) is 0 Å². The number of amides is 2. The summed E-state index contributed by atoms with van der Waals surface area (Å²) >= 11 is 0. The molecule has 5 rings (SSSR count). The molecule has 1 atom stereocenters. The lowest BCUT2D eigenvalue weighted by atomic mass is 9.49. The molecule has 0 aromatic carbocycles. The second-order valence-electron chi connectivity index (χ2n) is 8.88. The predicted molar refractivity (Wildman–Crippen MR) is 97.9 cm³/mol. The normalized spacial score (nSPS) is 31.5. The van der Waals surface area contributed by atoms with Crippen LogP contribution in [-0.4, -0.2) is 39.1 Å². The molecule has 28 heavy (non-hydrogen) atoms. The van der Waals surface area contributed by atoms with Crippen molar-refractivity contribution in [2.75, 3.05) is 6.54 Å².